The standard InChI is InChI=1S/C17H21N5O3/c23-17-22(11-12-24-17)10-9-21-7-4-13(5-8-21)16-19-15(20-25-16)14-3-1-2-6-18-14/h1-3,6,13H,4-5,7-12H2. The largest absolute Gasteiger partial charge is 0.448 e. The van der Waals surface area contributed by atoms with Gasteiger partial charge in [0.1, 0.15) is 12.3 Å². The van der Waals surface area contributed by atoms with Gasteiger partial charge < -0.3 is 19.1 Å². The van der Waals surface area contributed by atoms with Crippen LogP contribution >= 0.6 is 0 Å². The molecule has 2 aliphatic heterocycles. The minimum atomic E-state index is -0.192. The Morgan fingerprint density at radius 2 is 2.04 bits per heavy atom. The van der Waals surface area contributed by atoms with E-state index in [1.165, 1.54) is 0 Å². The number of aromatic nitrogens is 3. The van der Waals surface area contributed by atoms with Crippen molar-refractivity contribution in [3.8, 4) is 11.5 Å². The number of hydrogen-bond acceptors (Lipinski definition) is 7. The first kappa shape index (κ1) is 16.0. The number of cyclic esters (lactones) is 1. The highest BCUT2D eigenvalue weighted by Crippen LogP contribution is 2.28. The Bertz CT molecular complexity index is 712. The number of ether oxygens (including phenoxy) is 1. The predicted octanol–water partition coefficient (Wildman–Crippen LogP) is 1.76. The van der Waals surface area contributed by atoms with E-state index in [0.29, 0.717) is 24.9 Å². The molecule has 0 atom stereocenters. The first-order valence-electron chi connectivity index (χ1n) is 8.68. The van der Waals surface area contributed by atoms with Gasteiger partial charge in [-0.25, -0.2) is 4.79 Å². The molecule has 132 valence electrons. The Labute approximate surface area is 145 Å². The highest BCUT2D eigenvalue weighted by Gasteiger charge is 2.27. The molecular formula is C17H21N5O3. The van der Waals surface area contributed by atoms with E-state index in [4.69, 9.17) is 9.26 Å². The fraction of sp³-hybridized carbons (Fsp3) is 0.529. The number of carbonyl (C=O) groups is 1. The molecule has 0 unspecified atom stereocenters. The number of pyridine rings is 1. The van der Waals surface area contributed by atoms with Crippen LogP contribution < -0.4 is 0 Å². The topological polar surface area (TPSA) is 84.6 Å². The fourth-order valence-electron chi connectivity index (χ4n) is 3.29. The Kier molecular flexibility index (Phi) is 4.60. The molecule has 2 fully saturated rings. The summed E-state index contributed by atoms with van der Waals surface area (Å²) in [4.78, 5) is 24.4. The molecular weight excluding hydrogens is 322 g/mol. The first-order chi connectivity index (χ1) is 12.3. The van der Waals surface area contributed by atoms with Crippen molar-refractivity contribution in [3.05, 3.63) is 30.3 Å². The molecule has 8 nitrogen and oxygen atoms in total. The van der Waals surface area contributed by atoms with E-state index in [2.05, 4.69) is 20.0 Å². The number of hydrogen-bond donors (Lipinski definition) is 0. The minimum absolute atomic E-state index is 0.192. The summed E-state index contributed by atoms with van der Waals surface area (Å²) in [5.74, 6) is 1.53. The van der Waals surface area contributed by atoms with Crippen LogP contribution in [-0.4, -0.2) is 70.3 Å². The van der Waals surface area contributed by atoms with Crippen LogP contribution in [0.15, 0.2) is 28.9 Å². The molecule has 0 bridgehead atoms. The van der Waals surface area contributed by atoms with Crippen molar-refractivity contribution in [2.24, 2.45) is 0 Å². The van der Waals surface area contributed by atoms with Crippen LogP contribution in [0.4, 0.5) is 4.79 Å². The highest BCUT2D eigenvalue weighted by molar-refractivity contribution is 5.69. The number of carbonyl (C=O) groups excluding carboxylic acids is 1. The van der Waals surface area contributed by atoms with E-state index >= 15 is 0 Å². The molecule has 0 radical (unpaired) electrons. The van der Waals surface area contributed by atoms with Crippen molar-refractivity contribution in [2.75, 3.05) is 39.3 Å². The van der Waals surface area contributed by atoms with Gasteiger partial charge in [-0.2, -0.15) is 4.98 Å². The van der Waals surface area contributed by atoms with Crippen molar-refractivity contribution in [3.63, 3.8) is 0 Å². The second-order valence-corrected chi connectivity index (χ2v) is 6.39. The summed E-state index contributed by atoms with van der Waals surface area (Å²) in [5.41, 5.74) is 0.729. The molecule has 0 aliphatic carbocycles. The van der Waals surface area contributed by atoms with E-state index in [1.54, 1.807) is 11.1 Å². The quantitative estimate of drug-likeness (QED) is 0.818. The molecule has 0 saturated carbocycles. The molecule has 0 N–H and O–H groups in total. The molecule has 2 aliphatic rings. The van der Waals surface area contributed by atoms with Gasteiger partial charge in [0, 0.05) is 25.2 Å². The molecule has 2 aromatic rings. The summed E-state index contributed by atoms with van der Waals surface area (Å²) in [6, 6.07) is 5.65. The second kappa shape index (κ2) is 7.18. The zero-order chi connectivity index (χ0) is 17.1. The normalized spacial score (nSPS) is 19.4. The maximum atomic E-state index is 11.5. The Morgan fingerprint density at radius 3 is 2.76 bits per heavy atom. The minimum Gasteiger partial charge on any atom is -0.448 e. The van der Waals surface area contributed by atoms with Crippen molar-refractivity contribution < 1.29 is 14.1 Å². The Morgan fingerprint density at radius 1 is 1.16 bits per heavy atom. The summed E-state index contributed by atoms with van der Waals surface area (Å²) >= 11 is 0. The summed E-state index contributed by atoms with van der Waals surface area (Å²) < 4.78 is 10.4. The van der Waals surface area contributed by atoms with Crippen LogP contribution in [0.2, 0.25) is 0 Å². The van der Waals surface area contributed by atoms with E-state index < -0.39 is 0 Å². The van der Waals surface area contributed by atoms with E-state index in [9.17, 15) is 4.79 Å². The molecule has 8 heteroatoms. The lowest BCUT2D eigenvalue weighted by molar-refractivity contribution is 0.147. The van der Waals surface area contributed by atoms with E-state index in [-0.39, 0.29) is 12.0 Å². The number of amides is 1. The third-order valence-electron chi connectivity index (χ3n) is 4.80. The van der Waals surface area contributed by atoms with Gasteiger partial charge in [0.05, 0.1) is 6.54 Å². The maximum Gasteiger partial charge on any atom is 0.409 e. The Hall–Kier alpha value is -2.48. The lowest BCUT2D eigenvalue weighted by Gasteiger charge is -2.31. The van der Waals surface area contributed by atoms with E-state index in [1.807, 2.05) is 18.2 Å². The van der Waals surface area contributed by atoms with Gasteiger partial charge in [-0.3, -0.25) is 4.98 Å². The molecule has 25 heavy (non-hydrogen) atoms. The van der Waals surface area contributed by atoms with E-state index in [0.717, 1.165) is 44.7 Å². The van der Waals surface area contributed by atoms with Crippen LogP contribution in [0.5, 0.6) is 0 Å². The van der Waals surface area contributed by atoms with Crippen LogP contribution in [0.3, 0.4) is 0 Å². The highest BCUT2D eigenvalue weighted by atomic mass is 16.6. The van der Waals surface area contributed by atoms with Crippen LogP contribution in [0.25, 0.3) is 11.5 Å². The molecule has 4 rings (SSSR count). The van der Waals surface area contributed by atoms with Gasteiger partial charge in [0.15, 0.2) is 0 Å². The molecule has 4 heterocycles. The number of piperidine rings is 1. The van der Waals surface area contributed by atoms with Crippen LogP contribution in [-0.2, 0) is 4.74 Å². The number of rotatable bonds is 5. The smallest absolute Gasteiger partial charge is 0.409 e. The van der Waals surface area contributed by atoms with Crippen molar-refractivity contribution >= 4 is 6.09 Å². The van der Waals surface area contributed by atoms with Gasteiger partial charge in [-0.1, -0.05) is 11.2 Å². The monoisotopic (exact) mass is 343 g/mol. The second-order valence-electron chi connectivity index (χ2n) is 6.39. The molecule has 2 aromatic heterocycles. The van der Waals surface area contributed by atoms with Crippen LogP contribution in [0, 0.1) is 0 Å². The predicted molar refractivity (Wildman–Crippen MR) is 88.9 cm³/mol. The average Bonchev–Trinajstić information content (AvgIpc) is 3.30. The maximum absolute atomic E-state index is 11.5. The number of likely N-dealkylation sites (tertiary alicyclic amines) is 1. The van der Waals surface area contributed by atoms with Crippen molar-refractivity contribution in [2.45, 2.75) is 18.8 Å². The molecule has 2 saturated heterocycles. The van der Waals surface area contributed by atoms with Gasteiger partial charge >= 0.3 is 6.09 Å². The van der Waals surface area contributed by atoms with Gasteiger partial charge in [0.2, 0.25) is 11.7 Å². The van der Waals surface area contributed by atoms with Crippen molar-refractivity contribution in [1.29, 1.82) is 0 Å². The zero-order valence-electron chi connectivity index (χ0n) is 14.0. The summed E-state index contributed by atoms with van der Waals surface area (Å²) in [5, 5.41) is 4.06. The first-order valence-corrected chi connectivity index (χ1v) is 8.68. The summed E-state index contributed by atoms with van der Waals surface area (Å²) in [7, 11) is 0. The third-order valence-corrected chi connectivity index (χ3v) is 4.80. The summed E-state index contributed by atoms with van der Waals surface area (Å²) in [6.07, 6.45) is 3.49. The van der Waals surface area contributed by atoms with Crippen molar-refractivity contribution in [1.82, 2.24) is 24.9 Å². The van der Waals surface area contributed by atoms with Gasteiger partial charge in [-0.05, 0) is 38.1 Å². The van der Waals surface area contributed by atoms with Gasteiger partial charge in [0.25, 0.3) is 0 Å². The average molecular weight is 343 g/mol. The Balaban J connectivity index is 1.29. The zero-order valence-corrected chi connectivity index (χ0v) is 14.0. The van der Waals surface area contributed by atoms with Crippen LogP contribution in [0.1, 0.15) is 24.7 Å². The lowest BCUT2D eigenvalue weighted by Crippen LogP contribution is -2.39. The van der Waals surface area contributed by atoms with Gasteiger partial charge in [-0.15, -0.1) is 0 Å². The molecule has 1 amide bonds. The third kappa shape index (κ3) is 3.63. The lowest BCUT2D eigenvalue weighted by atomic mass is 9.97. The molecule has 0 aromatic carbocycles. The molecule has 0 spiro atoms. The SMILES string of the molecule is O=C1OCCN1CCN1CCC(c2nc(-c3ccccn3)no2)CC1. The number of nitrogens with zero attached hydrogens (tertiary/aromatic N) is 5. The summed E-state index contributed by atoms with van der Waals surface area (Å²) in [6.45, 7) is 4.76. The fourth-order valence-corrected chi connectivity index (χ4v) is 3.29.